The van der Waals surface area contributed by atoms with Crippen LogP contribution in [0, 0.1) is 0 Å². The SMILES string of the molecule is O=C(NC1CCCC1)c1cc(Nc2ccc(Cl)c(Cl)c2)ccn1. The molecular weight excluding hydrogens is 333 g/mol. The molecule has 1 aromatic heterocycles. The van der Waals surface area contributed by atoms with Gasteiger partial charge in [0.15, 0.2) is 0 Å². The molecule has 0 spiro atoms. The standard InChI is InChI=1S/C17H17Cl2N3O/c18-14-6-5-12(9-15(14)19)21-13-7-8-20-16(10-13)17(23)22-11-3-1-2-4-11/h5-11H,1-4H2,(H,20,21)(H,22,23). The van der Waals surface area contributed by atoms with Crippen molar-refractivity contribution >= 4 is 40.5 Å². The van der Waals surface area contributed by atoms with Gasteiger partial charge in [-0.3, -0.25) is 9.78 Å². The molecule has 1 aliphatic carbocycles. The summed E-state index contributed by atoms with van der Waals surface area (Å²) >= 11 is 11.9. The normalized spacial score (nSPS) is 14.7. The smallest absolute Gasteiger partial charge is 0.270 e. The maximum Gasteiger partial charge on any atom is 0.270 e. The van der Waals surface area contributed by atoms with Gasteiger partial charge in [-0.05, 0) is 43.2 Å². The second-order valence-electron chi connectivity index (χ2n) is 5.64. The van der Waals surface area contributed by atoms with E-state index in [1.54, 1.807) is 30.5 Å². The van der Waals surface area contributed by atoms with Gasteiger partial charge >= 0.3 is 0 Å². The maximum absolute atomic E-state index is 12.3. The zero-order valence-electron chi connectivity index (χ0n) is 12.5. The van der Waals surface area contributed by atoms with Crippen LogP contribution in [0.25, 0.3) is 0 Å². The summed E-state index contributed by atoms with van der Waals surface area (Å²) in [5.41, 5.74) is 1.98. The molecule has 0 bridgehead atoms. The summed E-state index contributed by atoms with van der Waals surface area (Å²) in [6.45, 7) is 0. The molecule has 23 heavy (non-hydrogen) atoms. The molecule has 0 saturated heterocycles. The second-order valence-corrected chi connectivity index (χ2v) is 6.45. The summed E-state index contributed by atoms with van der Waals surface area (Å²) < 4.78 is 0. The highest BCUT2D eigenvalue weighted by Gasteiger charge is 2.18. The number of anilines is 2. The lowest BCUT2D eigenvalue weighted by Gasteiger charge is -2.12. The van der Waals surface area contributed by atoms with E-state index in [9.17, 15) is 4.79 Å². The number of carbonyl (C=O) groups excluding carboxylic acids is 1. The minimum atomic E-state index is -0.130. The Morgan fingerprint density at radius 1 is 1.04 bits per heavy atom. The highest BCUT2D eigenvalue weighted by atomic mass is 35.5. The van der Waals surface area contributed by atoms with Gasteiger partial charge in [0.2, 0.25) is 0 Å². The summed E-state index contributed by atoms with van der Waals surface area (Å²) in [6.07, 6.45) is 6.07. The Kier molecular flexibility index (Phi) is 5.03. The van der Waals surface area contributed by atoms with Crippen LogP contribution in [0.3, 0.4) is 0 Å². The van der Waals surface area contributed by atoms with E-state index in [1.807, 2.05) is 6.07 Å². The molecule has 120 valence electrons. The third-order valence-electron chi connectivity index (χ3n) is 3.89. The zero-order valence-corrected chi connectivity index (χ0v) is 14.0. The molecule has 1 saturated carbocycles. The average Bonchev–Trinajstić information content (AvgIpc) is 3.04. The number of pyridine rings is 1. The predicted molar refractivity (Wildman–Crippen MR) is 93.7 cm³/mol. The van der Waals surface area contributed by atoms with Crippen molar-refractivity contribution in [2.24, 2.45) is 0 Å². The first kappa shape index (κ1) is 16.1. The van der Waals surface area contributed by atoms with Crippen molar-refractivity contribution in [2.75, 3.05) is 5.32 Å². The Balaban J connectivity index is 1.71. The summed E-state index contributed by atoms with van der Waals surface area (Å²) in [5, 5.41) is 7.21. The molecular formula is C17H17Cl2N3O. The first-order valence-corrected chi connectivity index (χ1v) is 8.36. The summed E-state index contributed by atoms with van der Waals surface area (Å²) in [6, 6.07) is 9.09. The largest absolute Gasteiger partial charge is 0.355 e. The Morgan fingerprint density at radius 2 is 1.78 bits per heavy atom. The average molecular weight is 350 g/mol. The number of hydrogen-bond donors (Lipinski definition) is 2. The molecule has 1 aliphatic rings. The molecule has 2 aromatic rings. The number of nitrogens with one attached hydrogen (secondary N) is 2. The first-order valence-electron chi connectivity index (χ1n) is 7.61. The lowest BCUT2D eigenvalue weighted by molar-refractivity contribution is 0.0933. The number of nitrogens with zero attached hydrogens (tertiary/aromatic N) is 1. The molecule has 2 N–H and O–H groups in total. The number of amides is 1. The molecule has 0 radical (unpaired) electrons. The van der Waals surface area contributed by atoms with Crippen molar-refractivity contribution in [1.29, 1.82) is 0 Å². The van der Waals surface area contributed by atoms with E-state index in [4.69, 9.17) is 23.2 Å². The summed E-state index contributed by atoms with van der Waals surface area (Å²) in [5.74, 6) is -0.130. The van der Waals surface area contributed by atoms with E-state index >= 15 is 0 Å². The van der Waals surface area contributed by atoms with Gasteiger partial charge in [0.25, 0.3) is 5.91 Å². The van der Waals surface area contributed by atoms with Gasteiger partial charge in [0.1, 0.15) is 5.69 Å². The molecule has 1 heterocycles. The fourth-order valence-electron chi connectivity index (χ4n) is 2.70. The quantitative estimate of drug-likeness (QED) is 0.832. The van der Waals surface area contributed by atoms with Gasteiger partial charge in [-0.25, -0.2) is 0 Å². The Bertz CT molecular complexity index is 715. The molecule has 1 aromatic carbocycles. The van der Waals surface area contributed by atoms with Crippen molar-refractivity contribution in [3.63, 3.8) is 0 Å². The number of aromatic nitrogens is 1. The van der Waals surface area contributed by atoms with Crippen LogP contribution in [0.5, 0.6) is 0 Å². The first-order chi connectivity index (χ1) is 11.1. The van der Waals surface area contributed by atoms with E-state index in [0.717, 1.165) is 24.2 Å². The van der Waals surface area contributed by atoms with Gasteiger partial charge in [0.05, 0.1) is 10.0 Å². The van der Waals surface area contributed by atoms with Crippen LogP contribution in [-0.2, 0) is 0 Å². The van der Waals surface area contributed by atoms with E-state index in [0.29, 0.717) is 15.7 Å². The van der Waals surface area contributed by atoms with E-state index in [2.05, 4.69) is 15.6 Å². The van der Waals surface area contributed by atoms with Crippen molar-refractivity contribution < 1.29 is 4.79 Å². The molecule has 0 aliphatic heterocycles. The van der Waals surface area contributed by atoms with Crippen LogP contribution in [0.2, 0.25) is 10.0 Å². The topological polar surface area (TPSA) is 54.0 Å². The van der Waals surface area contributed by atoms with E-state index < -0.39 is 0 Å². The molecule has 1 fully saturated rings. The lowest BCUT2D eigenvalue weighted by Crippen LogP contribution is -2.33. The van der Waals surface area contributed by atoms with Gasteiger partial charge in [-0.2, -0.15) is 0 Å². The van der Waals surface area contributed by atoms with Crippen LogP contribution in [0.15, 0.2) is 36.5 Å². The minimum Gasteiger partial charge on any atom is -0.355 e. The van der Waals surface area contributed by atoms with Gasteiger partial charge in [-0.15, -0.1) is 0 Å². The predicted octanol–water partition coefficient (Wildman–Crippen LogP) is 4.80. The van der Waals surface area contributed by atoms with E-state index in [1.165, 1.54) is 12.8 Å². The number of carbonyl (C=O) groups is 1. The number of benzene rings is 1. The molecule has 0 unspecified atom stereocenters. The van der Waals surface area contributed by atoms with Crippen LogP contribution < -0.4 is 10.6 Å². The maximum atomic E-state index is 12.3. The molecule has 0 atom stereocenters. The Labute approximate surface area is 145 Å². The Hall–Kier alpha value is -1.78. The molecule has 1 amide bonds. The van der Waals surface area contributed by atoms with Crippen molar-refractivity contribution in [3.05, 3.63) is 52.3 Å². The van der Waals surface area contributed by atoms with Gasteiger partial charge in [0, 0.05) is 23.6 Å². The molecule has 3 rings (SSSR count). The van der Waals surface area contributed by atoms with Crippen LogP contribution in [0.1, 0.15) is 36.2 Å². The number of rotatable bonds is 4. The third kappa shape index (κ3) is 4.15. The fourth-order valence-corrected chi connectivity index (χ4v) is 3.00. The van der Waals surface area contributed by atoms with Crippen molar-refractivity contribution in [2.45, 2.75) is 31.7 Å². The van der Waals surface area contributed by atoms with E-state index in [-0.39, 0.29) is 11.9 Å². The monoisotopic (exact) mass is 349 g/mol. The number of hydrogen-bond acceptors (Lipinski definition) is 3. The second kappa shape index (κ2) is 7.20. The highest BCUT2D eigenvalue weighted by molar-refractivity contribution is 6.42. The van der Waals surface area contributed by atoms with Gasteiger partial charge < -0.3 is 10.6 Å². The fraction of sp³-hybridized carbons (Fsp3) is 0.294. The number of halogens is 2. The van der Waals surface area contributed by atoms with Crippen LogP contribution in [-0.4, -0.2) is 16.9 Å². The summed E-state index contributed by atoms with van der Waals surface area (Å²) in [4.78, 5) is 16.4. The lowest BCUT2D eigenvalue weighted by atomic mass is 10.2. The van der Waals surface area contributed by atoms with Crippen molar-refractivity contribution in [3.8, 4) is 0 Å². The molecule has 4 nitrogen and oxygen atoms in total. The molecule has 6 heteroatoms. The van der Waals surface area contributed by atoms with Gasteiger partial charge in [-0.1, -0.05) is 36.0 Å². The zero-order chi connectivity index (χ0) is 16.2. The van der Waals surface area contributed by atoms with Crippen LogP contribution >= 0.6 is 23.2 Å². The Morgan fingerprint density at radius 3 is 2.52 bits per heavy atom. The van der Waals surface area contributed by atoms with Crippen LogP contribution in [0.4, 0.5) is 11.4 Å². The van der Waals surface area contributed by atoms with Crippen molar-refractivity contribution in [1.82, 2.24) is 10.3 Å². The summed E-state index contributed by atoms with van der Waals surface area (Å²) in [7, 11) is 0. The minimum absolute atomic E-state index is 0.130. The third-order valence-corrected chi connectivity index (χ3v) is 4.63. The highest BCUT2D eigenvalue weighted by Crippen LogP contribution is 2.27.